The van der Waals surface area contributed by atoms with Gasteiger partial charge >= 0.3 is 5.97 Å². The van der Waals surface area contributed by atoms with Crippen LogP contribution in [-0.4, -0.2) is 23.0 Å². The van der Waals surface area contributed by atoms with E-state index in [-0.39, 0.29) is 10.7 Å². The maximum absolute atomic E-state index is 11.3. The van der Waals surface area contributed by atoms with Gasteiger partial charge in [-0.2, -0.15) is 0 Å². The predicted octanol–water partition coefficient (Wildman–Crippen LogP) is 2.95. The quantitative estimate of drug-likeness (QED) is 0.621. The molecular weight excluding hydrogens is 260 g/mol. The third-order valence-electron chi connectivity index (χ3n) is 2.21. The zero-order valence-corrected chi connectivity index (χ0v) is 10.8. The fourth-order valence-electron chi connectivity index (χ4n) is 1.32. The highest BCUT2D eigenvalue weighted by molar-refractivity contribution is 7.13. The van der Waals surface area contributed by atoms with Gasteiger partial charge < -0.3 is 4.74 Å². The molecule has 0 aliphatic heterocycles. The van der Waals surface area contributed by atoms with Gasteiger partial charge in [-0.1, -0.05) is 11.6 Å². The second kappa shape index (κ2) is 4.81. The van der Waals surface area contributed by atoms with E-state index < -0.39 is 5.97 Å². The number of carbonyl (C=O) groups excluding carboxylic acids is 1. The molecule has 6 heteroatoms. The van der Waals surface area contributed by atoms with Gasteiger partial charge in [-0.25, -0.2) is 14.8 Å². The minimum Gasteiger partial charge on any atom is -0.465 e. The van der Waals surface area contributed by atoms with Crippen molar-refractivity contribution in [3.63, 3.8) is 0 Å². The van der Waals surface area contributed by atoms with Crippen LogP contribution in [0.1, 0.15) is 15.9 Å². The van der Waals surface area contributed by atoms with Crippen LogP contribution in [0.2, 0.25) is 5.15 Å². The SMILES string of the molecule is COC(=O)c1cnc(-c2sccc2C)nc1Cl. The van der Waals surface area contributed by atoms with Crippen LogP contribution in [0.15, 0.2) is 17.6 Å². The van der Waals surface area contributed by atoms with Gasteiger partial charge in [0, 0.05) is 6.20 Å². The van der Waals surface area contributed by atoms with Crippen LogP contribution < -0.4 is 0 Å². The van der Waals surface area contributed by atoms with Crippen molar-refractivity contribution in [2.45, 2.75) is 6.92 Å². The fraction of sp³-hybridized carbons (Fsp3) is 0.182. The van der Waals surface area contributed by atoms with Crippen molar-refractivity contribution in [2.75, 3.05) is 7.11 Å². The number of ether oxygens (including phenoxy) is 1. The number of esters is 1. The molecule has 0 saturated carbocycles. The molecule has 0 atom stereocenters. The monoisotopic (exact) mass is 268 g/mol. The third kappa shape index (κ3) is 2.30. The molecule has 0 unspecified atom stereocenters. The van der Waals surface area contributed by atoms with E-state index in [2.05, 4.69) is 14.7 Å². The first-order valence-corrected chi connectivity index (χ1v) is 6.04. The van der Waals surface area contributed by atoms with E-state index in [1.165, 1.54) is 24.6 Å². The van der Waals surface area contributed by atoms with E-state index >= 15 is 0 Å². The highest BCUT2D eigenvalue weighted by atomic mass is 35.5. The zero-order valence-electron chi connectivity index (χ0n) is 9.23. The summed E-state index contributed by atoms with van der Waals surface area (Å²) in [7, 11) is 1.29. The van der Waals surface area contributed by atoms with Crippen LogP contribution in [-0.2, 0) is 4.74 Å². The van der Waals surface area contributed by atoms with Gasteiger partial charge in [0.2, 0.25) is 0 Å². The highest BCUT2D eigenvalue weighted by Gasteiger charge is 2.15. The van der Waals surface area contributed by atoms with E-state index in [0.717, 1.165) is 10.4 Å². The number of nitrogens with zero attached hydrogens (tertiary/aromatic N) is 2. The van der Waals surface area contributed by atoms with Gasteiger partial charge in [0.25, 0.3) is 0 Å². The zero-order chi connectivity index (χ0) is 12.4. The van der Waals surface area contributed by atoms with Crippen molar-refractivity contribution in [2.24, 2.45) is 0 Å². The van der Waals surface area contributed by atoms with Crippen molar-refractivity contribution in [1.29, 1.82) is 0 Å². The topological polar surface area (TPSA) is 52.1 Å². The standard InChI is InChI=1S/C11H9ClN2O2S/c1-6-3-4-17-8(6)10-13-5-7(9(12)14-10)11(15)16-2/h3-5H,1-2H3. The molecule has 0 bridgehead atoms. The van der Waals surface area contributed by atoms with Crippen molar-refractivity contribution in [3.8, 4) is 10.7 Å². The van der Waals surface area contributed by atoms with Gasteiger partial charge in [0.05, 0.1) is 12.0 Å². The lowest BCUT2D eigenvalue weighted by Crippen LogP contribution is -2.05. The molecule has 0 aliphatic rings. The molecule has 2 rings (SSSR count). The number of thiophene rings is 1. The third-order valence-corrected chi connectivity index (χ3v) is 3.51. The number of hydrogen-bond acceptors (Lipinski definition) is 5. The van der Waals surface area contributed by atoms with E-state index in [9.17, 15) is 4.79 Å². The summed E-state index contributed by atoms with van der Waals surface area (Å²) in [5, 5.41) is 2.06. The fourth-order valence-corrected chi connectivity index (χ4v) is 2.39. The summed E-state index contributed by atoms with van der Waals surface area (Å²) in [4.78, 5) is 20.5. The summed E-state index contributed by atoms with van der Waals surface area (Å²) in [6.45, 7) is 1.97. The minimum atomic E-state index is -0.538. The molecular formula is C11H9ClN2O2S. The first-order chi connectivity index (χ1) is 8.13. The molecule has 2 heterocycles. The number of aryl methyl sites for hydroxylation is 1. The normalized spacial score (nSPS) is 10.3. The van der Waals surface area contributed by atoms with Gasteiger partial charge in [-0.3, -0.25) is 0 Å². The molecule has 0 N–H and O–H groups in total. The number of methoxy groups -OCH3 is 1. The molecule has 0 fully saturated rings. The summed E-state index contributed by atoms with van der Waals surface area (Å²) < 4.78 is 4.57. The summed E-state index contributed by atoms with van der Waals surface area (Å²) in [6.07, 6.45) is 1.38. The number of hydrogen-bond donors (Lipinski definition) is 0. The van der Waals surface area contributed by atoms with E-state index in [1.54, 1.807) is 0 Å². The first-order valence-electron chi connectivity index (χ1n) is 4.79. The Kier molecular flexibility index (Phi) is 3.40. The van der Waals surface area contributed by atoms with Gasteiger partial charge in [0.1, 0.15) is 10.7 Å². The van der Waals surface area contributed by atoms with E-state index in [1.807, 2.05) is 18.4 Å². The van der Waals surface area contributed by atoms with Crippen LogP contribution in [0.25, 0.3) is 10.7 Å². The Labute approximate surface area is 107 Å². The number of rotatable bonds is 2. The molecule has 0 spiro atoms. The Hall–Kier alpha value is -1.46. The largest absolute Gasteiger partial charge is 0.465 e. The molecule has 2 aromatic rings. The summed E-state index contributed by atoms with van der Waals surface area (Å²) >= 11 is 7.46. The van der Waals surface area contributed by atoms with Gasteiger partial charge in [0.15, 0.2) is 5.82 Å². The van der Waals surface area contributed by atoms with Gasteiger partial charge in [-0.05, 0) is 23.9 Å². The molecule has 2 aromatic heterocycles. The minimum absolute atomic E-state index is 0.106. The second-order valence-corrected chi connectivity index (χ2v) is 4.60. The number of halogens is 1. The molecule has 88 valence electrons. The van der Waals surface area contributed by atoms with Crippen molar-refractivity contribution < 1.29 is 9.53 Å². The average molecular weight is 269 g/mol. The van der Waals surface area contributed by atoms with Crippen LogP contribution >= 0.6 is 22.9 Å². The molecule has 0 aliphatic carbocycles. The van der Waals surface area contributed by atoms with E-state index in [4.69, 9.17) is 11.6 Å². The average Bonchev–Trinajstić information content (AvgIpc) is 2.74. The number of carbonyl (C=O) groups is 1. The van der Waals surface area contributed by atoms with Crippen LogP contribution in [0.5, 0.6) is 0 Å². The van der Waals surface area contributed by atoms with Crippen LogP contribution in [0.4, 0.5) is 0 Å². The first kappa shape index (κ1) is 12.0. The molecule has 0 radical (unpaired) electrons. The molecule has 4 nitrogen and oxygen atoms in total. The Morgan fingerprint density at radius 1 is 1.53 bits per heavy atom. The molecule has 17 heavy (non-hydrogen) atoms. The Morgan fingerprint density at radius 3 is 2.82 bits per heavy atom. The molecule has 0 aromatic carbocycles. The Morgan fingerprint density at radius 2 is 2.29 bits per heavy atom. The summed E-state index contributed by atoms with van der Waals surface area (Å²) in [6, 6.07) is 1.98. The summed E-state index contributed by atoms with van der Waals surface area (Å²) in [5.74, 6) is -0.0143. The van der Waals surface area contributed by atoms with E-state index in [0.29, 0.717) is 5.82 Å². The van der Waals surface area contributed by atoms with Crippen molar-refractivity contribution >= 4 is 28.9 Å². The lowest BCUT2D eigenvalue weighted by Gasteiger charge is -2.03. The maximum Gasteiger partial charge on any atom is 0.342 e. The van der Waals surface area contributed by atoms with Crippen molar-refractivity contribution in [3.05, 3.63) is 33.9 Å². The van der Waals surface area contributed by atoms with Crippen LogP contribution in [0, 0.1) is 6.92 Å². The Bertz CT molecular complexity index is 568. The lowest BCUT2D eigenvalue weighted by molar-refractivity contribution is 0.0600. The summed E-state index contributed by atoms with van der Waals surface area (Å²) in [5.41, 5.74) is 1.25. The smallest absolute Gasteiger partial charge is 0.342 e. The second-order valence-electron chi connectivity index (χ2n) is 3.32. The lowest BCUT2D eigenvalue weighted by atomic mass is 10.2. The Balaban J connectivity index is 2.44. The molecule has 0 amide bonds. The highest BCUT2D eigenvalue weighted by Crippen LogP contribution is 2.27. The number of aromatic nitrogens is 2. The molecule has 0 saturated heterocycles. The van der Waals surface area contributed by atoms with Crippen LogP contribution in [0.3, 0.4) is 0 Å². The van der Waals surface area contributed by atoms with Gasteiger partial charge in [-0.15, -0.1) is 11.3 Å². The maximum atomic E-state index is 11.3. The predicted molar refractivity (Wildman–Crippen MR) is 66.4 cm³/mol. The van der Waals surface area contributed by atoms with Crippen molar-refractivity contribution in [1.82, 2.24) is 9.97 Å².